The quantitative estimate of drug-likeness (QED) is 0.290. The van der Waals surface area contributed by atoms with Gasteiger partial charge in [0.1, 0.15) is 0 Å². The number of rotatable bonds is 5. The lowest BCUT2D eigenvalue weighted by molar-refractivity contribution is 0.0650. The molecular weight excluding hydrogens is 148 g/mol. The molecule has 0 fully saturated rings. The molecule has 0 atom stereocenters. The SMILES string of the molecule is CNNC.OCCOCCO. The molecule has 5 nitrogen and oxygen atoms in total. The summed E-state index contributed by atoms with van der Waals surface area (Å²) in [6, 6.07) is 0. The van der Waals surface area contributed by atoms with Crippen molar-refractivity contribution >= 4 is 0 Å². The van der Waals surface area contributed by atoms with Crippen LogP contribution < -0.4 is 10.9 Å². The van der Waals surface area contributed by atoms with Gasteiger partial charge in [-0.15, -0.1) is 0 Å². The van der Waals surface area contributed by atoms with Crippen LogP contribution in [0.2, 0.25) is 0 Å². The Morgan fingerprint density at radius 3 is 1.55 bits per heavy atom. The number of nitrogens with one attached hydrogen (secondary N) is 2. The molecule has 0 rings (SSSR count). The molecule has 70 valence electrons. The summed E-state index contributed by atoms with van der Waals surface area (Å²) < 4.78 is 4.63. The van der Waals surface area contributed by atoms with Gasteiger partial charge in [0.25, 0.3) is 0 Å². The first-order valence-corrected chi connectivity index (χ1v) is 3.46. The van der Waals surface area contributed by atoms with Crippen molar-refractivity contribution in [2.24, 2.45) is 0 Å². The van der Waals surface area contributed by atoms with E-state index in [2.05, 4.69) is 15.6 Å². The Bertz CT molecular complexity index is 49.1. The molecule has 0 aliphatic heterocycles. The monoisotopic (exact) mass is 166 g/mol. The highest BCUT2D eigenvalue weighted by Crippen LogP contribution is 1.68. The van der Waals surface area contributed by atoms with Crippen molar-refractivity contribution < 1.29 is 14.9 Å². The molecule has 0 saturated heterocycles. The van der Waals surface area contributed by atoms with E-state index in [1.165, 1.54) is 0 Å². The highest BCUT2D eigenvalue weighted by molar-refractivity contribution is 4.24. The molecule has 0 unspecified atom stereocenters. The maximum Gasteiger partial charge on any atom is 0.0698 e. The standard InChI is InChI=1S/C4H10O3.C2H8N2/c5-1-3-7-4-2-6;1-3-4-2/h5-6H,1-4H2;3-4H,1-2H3. The van der Waals surface area contributed by atoms with E-state index < -0.39 is 0 Å². The molecule has 0 heterocycles. The van der Waals surface area contributed by atoms with E-state index >= 15 is 0 Å². The molecule has 0 aromatic heterocycles. The Kier molecular flexibility index (Phi) is 20.0. The second-order valence-corrected chi connectivity index (χ2v) is 1.56. The lowest BCUT2D eigenvalue weighted by atomic mass is 10.7. The number of hydrazine groups is 1. The average Bonchev–Trinajstić information content (AvgIpc) is 2.06. The van der Waals surface area contributed by atoms with Gasteiger partial charge in [-0.1, -0.05) is 0 Å². The first-order chi connectivity index (χ1) is 5.33. The molecule has 5 heteroatoms. The van der Waals surface area contributed by atoms with Gasteiger partial charge in [-0.2, -0.15) is 0 Å². The summed E-state index contributed by atoms with van der Waals surface area (Å²) in [5, 5.41) is 16.2. The van der Waals surface area contributed by atoms with Crippen LogP contribution >= 0.6 is 0 Å². The second-order valence-electron chi connectivity index (χ2n) is 1.56. The minimum Gasteiger partial charge on any atom is -0.394 e. The number of aliphatic hydroxyl groups excluding tert-OH is 2. The molecule has 11 heavy (non-hydrogen) atoms. The van der Waals surface area contributed by atoms with E-state index in [-0.39, 0.29) is 13.2 Å². The predicted molar refractivity (Wildman–Crippen MR) is 43.1 cm³/mol. The van der Waals surface area contributed by atoms with Crippen molar-refractivity contribution in [2.75, 3.05) is 40.5 Å². The van der Waals surface area contributed by atoms with E-state index in [1.54, 1.807) is 0 Å². The summed E-state index contributed by atoms with van der Waals surface area (Å²) in [4.78, 5) is 0. The van der Waals surface area contributed by atoms with Crippen LogP contribution in [0.25, 0.3) is 0 Å². The number of aliphatic hydroxyl groups is 2. The Hall–Kier alpha value is -0.200. The molecule has 0 aromatic rings. The molecule has 0 amide bonds. The fourth-order valence-electron chi connectivity index (χ4n) is 0.231. The molecule has 0 saturated carbocycles. The Labute approximate surface area is 67.3 Å². The average molecular weight is 166 g/mol. The third-order valence-electron chi connectivity index (χ3n) is 0.721. The van der Waals surface area contributed by atoms with Gasteiger partial charge in [0.15, 0.2) is 0 Å². The Morgan fingerprint density at radius 1 is 1.00 bits per heavy atom. The van der Waals surface area contributed by atoms with Crippen LogP contribution in [0.4, 0.5) is 0 Å². The van der Waals surface area contributed by atoms with Gasteiger partial charge in [-0.25, -0.2) is 0 Å². The van der Waals surface area contributed by atoms with Gasteiger partial charge in [-0.3, -0.25) is 10.9 Å². The third kappa shape index (κ3) is 25.9. The van der Waals surface area contributed by atoms with Gasteiger partial charge in [0, 0.05) is 0 Å². The zero-order valence-electron chi connectivity index (χ0n) is 7.13. The zero-order valence-corrected chi connectivity index (χ0v) is 7.13. The minimum atomic E-state index is 0.0278. The maximum atomic E-state index is 8.09. The first kappa shape index (κ1) is 13.4. The van der Waals surface area contributed by atoms with Crippen molar-refractivity contribution in [3.8, 4) is 0 Å². The smallest absolute Gasteiger partial charge is 0.0698 e. The van der Waals surface area contributed by atoms with Crippen molar-refractivity contribution in [1.82, 2.24) is 10.9 Å². The molecule has 0 radical (unpaired) electrons. The summed E-state index contributed by atoms with van der Waals surface area (Å²) in [5.41, 5.74) is 5.36. The van der Waals surface area contributed by atoms with Crippen LogP contribution in [-0.4, -0.2) is 50.7 Å². The summed E-state index contributed by atoms with van der Waals surface area (Å²) >= 11 is 0. The van der Waals surface area contributed by atoms with E-state index in [1.807, 2.05) is 14.1 Å². The Morgan fingerprint density at radius 2 is 1.36 bits per heavy atom. The van der Waals surface area contributed by atoms with E-state index in [0.717, 1.165) is 0 Å². The fourth-order valence-corrected chi connectivity index (χ4v) is 0.231. The van der Waals surface area contributed by atoms with Gasteiger partial charge >= 0.3 is 0 Å². The first-order valence-electron chi connectivity index (χ1n) is 3.46. The summed E-state index contributed by atoms with van der Waals surface area (Å²) in [5.74, 6) is 0. The van der Waals surface area contributed by atoms with Crippen LogP contribution in [0.1, 0.15) is 0 Å². The largest absolute Gasteiger partial charge is 0.394 e. The van der Waals surface area contributed by atoms with Gasteiger partial charge in [0.05, 0.1) is 26.4 Å². The molecule has 0 aliphatic carbocycles. The van der Waals surface area contributed by atoms with Crippen molar-refractivity contribution in [3.63, 3.8) is 0 Å². The number of ether oxygens (including phenoxy) is 1. The van der Waals surface area contributed by atoms with Crippen LogP contribution in [0.5, 0.6) is 0 Å². The van der Waals surface area contributed by atoms with Crippen molar-refractivity contribution in [3.05, 3.63) is 0 Å². The molecule has 0 spiro atoms. The molecule has 0 aliphatic rings. The highest BCUT2D eigenvalue weighted by atomic mass is 16.5. The van der Waals surface area contributed by atoms with Crippen LogP contribution in [-0.2, 0) is 4.74 Å². The fraction of sp³-hybridized carbons (Fsp3) is 1.00. The third-order valence-corrected chi connectivity index (χ3v) is 0.721. The zero-order chi connectivity index (χ0) is 8.95. The molecular formula is C6H18N2O3. The van der Waals surface area contributed by atoms with E-state index in [4.69, 9.17) is 10.2 Å². The van der Waals surface area contributed by atoms with Gasteiger partial charge in [-0.05, 0) is 14.1 Å². The second kappa shape index (κ2) is 16.4. The van der Waals surface area contributed by atoms with Crippen molar-refractivity contribution in [1.29, 1.82) is 0 Å². The lowest BCUT2D eigenvalue weighted by Gasteiger charge is -1.94. The van der Waals surface area contributed by atoms with E-state index in [9.17, 15) is 0 Å². The Balaban J connectivity index is 0. The number of hydrogen-bond donors (Lipinski definition) is 4. The normalized spacial score (nSPS) is 8.73. The van der Waals surface area contributed by atoms with Crippen molar-refractivity contribution in [2.45, 2.75) is 0 Å². The lowest BCUT2D eigenvalue weighted by Crippen LogP contribution is -2.21. The molecule has 0 bridgehead atoms. The van der Waals surface area contributed by atoms with Gasteiger partial charge < -0.3 is 14.9 Å². The summed E-state index contributed by atoms with van der Waals surface area (Å²) in [6.07, 6.45) is 0. The van der Waals surface area contributed by atoms with Gasteiger partial charge in [0.2, 0.25) is 0 Å². The summed E-state index contributed by atoms with van der Waals surface area (Å²) in [7, 11) is 3.64. The predicted octanol–water partition coefficient (Wildman–Crippen LogP) is -1.67. The summed E-state index contributed by atoms with van der Waals surface area (Å²) in [6.45, 7) is 0.696. The number of hydrogen-bond acceptors (Lipinski definition) is 5. The topological polar surface area (TPSA) is 73.8 Å². The van der Waals surface area contributed by atoms with Crippen LogP contribution in [0, 0.1) is 0 Å². The van der Waals surface area contributed by atoms with Crippen LogP contribution in [0.15, 0.2) is 0 Å². The minimum absolute atomic E-state index is 0.0278. The molecule has 0 aromatic carbocycles. The highest BCUT2D eigenvalue weighted by Gasteiger charge is 1.79. The van der Waals surface area contributed by atoms with E-state index in [0.29, 0.717) is 13.2 Å². The van der Waals surface area contributed by atoms with Crippen LogP contribution in [0.3, 0.4) is 0 Å². The maximum absolute atomic E-state index is 8.09. The molecule has 4 N–H and O–H groups in total.